The number of aromatic hydroxyl groups is 1. The van der Waals surface area contributed by atoms with Gasteiger partial charge in [0.05, 0.1) is 21.9 Å². The van der Waals surface area contributed by atoms with Crippen LogP contribution < -0.4 is 5.73 Å². The first-order valence-corrected chi connectivity index (χ1v) is 4.83. The SMILES string of the molecule is Nc1c(-c2ncc(O)[nH]2)ccc(Cl)c1Cl. The first-order chi connectivity index (χ1) is 7.09. The molecule has 4 N–H and O–H groups in total. The Morgan fingerprint density at radius 2 is 2.07 bits per heavy atom. The lowest BCUT2D eigenvalue weighted by Crippen LogP contribution is -1.93. The molecule has 0 bridgehead atoms. The van der Waals surface area contributed by atoms with E-state index in [0.717, 1.165) is 0 Å². The van der Waals surface area contributed by atoms with Crippen molar-refractivity contribution in [2.24, 2.45) is 0 Å². The Bertz CT molecular complexity index is 510. The Hall–Kier alpha value is -1.39. The fourth-order valence-electron chi connectivity index (χ4n) is 1.22. The highest BCUT2D eigenvalue weighted by Crippen LogP contribution is 2.35. The second-order valence-corrected chi connectivity index (χ2v) is 3.72. The fourth-order valence-corrected chi connectivity index (χ4v) is 1.55. The fraction of sp³-hybridized carbons (Fsp3) is 0. The van der Waals surface area contributed by atoms with E-state index in [2.05, 4.69) is 9.97 Å². The van der Waals surface area contributed by atoms with Gasteiger partial charge in [0, 0.05) is 5.56 Å². The van der Waals surface area contributed by atoms with Crippen molar-refractivity contribution in [3.63, 3.8) is 0 Å². The zero-order chi connectivity index (χ0) is 11.0. The smallest absolute Gasteiger partial charge is 0.208 e. The highest BCUT2D eigenvalue weighted by atomic mass is 35.5. The van der Waals surface area contributed by atoms with Crippen LogP contribution in [0.2, 0.25) is 10.0 Å². The number of hydrogen-bond acceptors (Lipinski definition) is 3. The van der Waals surface area contributed by atoms with Gasteiger partial charge < -0.3 is 15.8 Å². The maximum Gasteiger partial charge on any atom is 0.208 e. The maximum absolute atomic E-state index is 9.11. The molecule has 0 unspecified atom stereocenters. The average Bonchev–Trinajstić information content (AvgIpc) is 2.61. The Morgan fingerprint density at radius 1 is 1.33 bits per heavy atom. The molecule has 1 aromatic heterocycles. The van der Waals surface area contributed by atoms with Crippen LogP contribution in [0.25, 0.3) is 11.4 Å². The standard InChI is InChI=1S/C9H7Cl2N3O/c10-5-2-1-4(8(12)7(5)11)9-13-3-6(15)14-9/h1-3,15H,12H2,(H,13,14). The van der Waals surface area contributed by atoms with Gasteiger partial charge in [0.2, 0.25) is 5.88 Å². The van der Waals surface area contributed by atoms with Gasteiger partial charge >= 0.3 is 0 Å². The van der Waals surface area contributed by atoms with E-state index in [1.54, 1.807) is 12.1 Å². The van der Waals surface area contributed by atoms with Gasteiger partial charge in [0.15, 0.2) is 0 Å². The molecule has 2 rings (SSSR count). The summed E-state index contributed by atoms with van der Waals surface area (Å²) in [5.41, 5.74) is 6.70. The van der Waals surface area contributed by atoms with E-state index < -0.39 is 0 Å². The third-order valence-electron chi connectivity index (χ3n) is 1.95. The highest BCUT2D eigenvalue weighted by Gasteiger charge is 2.11. The van der Waals surface area contributed by atoms with Gasteiger partial charge in [-0.1, -0.05) is 23.2 Å². The summed E-state index contributed by atoms with van der Waals surface area (Å²) in [6.07, 6.45) is 1.29. The Morgan fingerprint density at radius 3 is 2.67 bits per heavy atom. The summed E-state index contributed by atoms with van der Waals surface area (Å²) in [5.74, 6) is 0.416. The van der Waals surface area contributed by atoms with E-state index >= 15 is 0 Å². The lowest BCUT2D eigenvalue weighted by atomic mass is 10.2. The predicted octanol–water partition coefficient (Wildman–Crippen LogP) is 2.67. The minimum absolute atomic E-state index is 0.0320. The molecule has 4 nitrogen and oxygen atoms in total. The molecule has 0 fully saturated rings. The van der Waals surface area contributed by atoms with Gasteiger partial charge in [-0.15, -0.1) is 0 Å². The van der Waals surface area contributed by atoms with Crippen LogP contribution >= 0.6 is 23.2 Å². The molecule has 0 saturated heterocycles. The van der Waals surface area contributed by atoms with Crippen molar-refractivity contribution in [1.29, 1.82) is 0 Å². The van der Waals surface area contributed by atoms with E-state index in [9.17, 15) is 0 Å². The molecule has 0 radical (unpaired) electrons. The number of rotatable bonds is 1. The molecule has 2 aromatic rings. The van der Waals surface area contributed by atoms with Crippen LogP contribution in [0.4, 0.5) is 5.69 Å². The molecule has 78 valence electrons. The topological polar surface area (TPSA) is 74.9 Å². The van der Waals surface area contributed by atoms with Gasteiger partial charge in [0.1, 0.15) is 5.82 Å². The summed E-state index contributed by atoms with van der Waals surface area (Å²) in [5, 5.41) is 9.78. The number of H-pyrrole nitrogens is 1. The summed E-state index contributed by atoms with van der Waals surface area (Å²) >= 11 is 11.7. The van der Waals surface area contributed by atoms with Crippen LogP contribution in [0.3, 0.4) is 0 Å². The van der Waals surface area contributed by atoms with Crippen molar-refractivity contribution in [1.82, 2.24) is 9.97 Å². The maximum atomic E-state index is 9.11. The zero-order valence-corrected chi connectivity index (χ0v) is 8.97. The molecule has 0 atom stereocenters. The predicted molar refractivity (Wildman–Crippen MR) is 60.1 cm³/mol. The molecule has 15 heavy (non-hydrogen) atoms. The number of imidazole rings is 1. The Labute approximate surface area is 95.7 Å². The van der Waals surface area contributed by atoms with Gasteiger partial charge in [-0.2, -0.15) is 0 Å². The molecule has 0 aliphatic rings. The number of nitrogens with zero attached hydrogens (tertiary/aromatic N) is 1. The lowest BCUT2D eigenvalue weighted by Gasteiger charge is -2.05. The number of aromatic nitrogens is 2. The Kier molecular flexibility index (Phi) is 2.46. The van der Waals surface area contributed by atoms with Crippen LogP contribution in [0.5, 0.6) is 5.88 Å². The van der Waals surface area contributed by atoms with E-state index in [1.807, 2.05) is 0 Å². The van der Waals surface area contributed by atoms with E-state index in [0.29, 0.717) is 22.1 Å². The quantitative estimate of drug-likeness (QED) is 0.675. The van der Waals surface area contributed by atoms with Crippen LogP contribution in [0, 0.1) is 0 Å². The summed E-state index contributed by atoms with van der Waals surface area (Å²) in [7, 11) is 0. The number of halogens is 2. The monoisotopic (exact) mass is 243 g/mol. The minimum atomic E-state index is -0.0320. The van der Waals surface area contributed by atoms with E-state index in [4.69, 9.17) is 34.0 Å². The molecule has 0 spiro atoms. The third-order valence-corrected chi connectivity index (χ3v) is 2.77. The van der Waals surface area contributed by atoms with Crippen molar-refractivity contribution in [2.45, 2.75) is 0 Å². The normalized spacial score (nSPS) is 10.5. The van der Waals surface area contributed by atoms with Gasteiger partial charge in [-0.3, -0.25) is 0 Å². The second kappa shape index (κ2) is 3.64. The van der Waals surface area contributed by atoms with Crippen molar-refractivity contribution in [3.8, 4) is 17.3 Å². The molecular weight excluding hydrogens is 237 g/mol. The number of hydrogen-bond donors (Lipinski definition) is 3. The van der Waals surface area contributed by atoms with Crippen LogP contribution in [-0.2, 0) is 0 Å². The molecule has 6 heteroatoms. The summed E-state index contributed by atoms with van der Waals surface area (Å²) in [6, 6.07) is 3.30. The molecule has 0 saturated carbocycles. The first-order valence-electron chi connectivity index (χ1n) is 4.07. The number of benzene rings is 1. The highest BCUT2D eigenvalue weighted by molar-refractivity contribution is 6.44. The largest absolute Gasteiger partial charge is 0.493 e. The number of nitrogen functional groups attached to an aromatic ring is 1. The van der Waals surface area contributed by atoms with Gasteiger partial charge in [-0.25, -0.2) is 4.98 Å². The van der Waals surface area contributed by atoms with Crippen LogP contribution in [-0.4, -0.2) is 15.1 Å². The molecular formula is C9H7Cl2N3O. The second-order valence-electron chi connectivity index (χ2n) is 2.94. The Balaban J connectivity index is 2.59. The number of anilines is 1. The summed E-state index contributed by atoms with van der Waals surface area (Å²) in [4.78, 5) is 6.57. The van der Waals surface area contributed by atoms with E-state index in [1.165, 1.54) is 6.20 Å². The number of nitrogens with one attached hydrogen (secondary N) is 1. The van der Waals surface area contributed by atoms with Crippen LogP contribution in [0.1, 0.15) is 0 Å². The number of nitrogens with two attached hydrogens (primary N) is 1. The molecule has 1 heterocycles. The van der Waals surface area contributed by atoms with Crippen molar-refractivity contribution in [2.75, 3.05) is 5.73 Å². The average molecular weight is 244 g/mol. The lowest BCUT2D eigenvalue weighted by molar-refractivity contribution is 0.457. The molecule has 0 aliphatic heterocycles. The zero-order valence-electron chi connectivity index (χ0n) is 7.46. The van der Waals surface area contributed by atoms with Gasteiger partial charge in [-0.05, 0) is 12.1 Å². The van der Waals surface area contributed by atoms with E-state index in [-0.39, 0.29) is 10.9 Å². The van der Waals surface area contributed by atoms with Crippen molar-refractivity contribution >= 4 is 28.9 Å². The number of aromatic amines is 1. The van der Waals surface area contributed by atoms with Crippen LogP contribution in [0.15, 0.2) is 18.3 Å². The molecule has 0 amide bonds. The minimum Gasteiger partial charge on any atom is -0.493 e. The molecule has 0 aliphatic carbocycles. The first kappa shape index (κ1) is 10.1. The third kappa shape index (κ3) is 1.73. The summed E-state index contributed by atoms with van der Waals surface area (Å²) in [6.45, 7) is 0. The van der Waals surface area contributed by atoms with Gasteiger partial charge in [0.25, 0.3) is 0 Å². The molecule has 1 aromatic carbocycles. The van der Waals surface area contributed by atoms with Crippen molar-refractivity contribution < 1.29 is 5.11 Å². The summed E-state index contributed by atoms with van der Waals surface area (Å²) < 4.78 is 0. The van der Waals surface area contributed by atoms with Crippen molar-refractivity contribution in [3.05, 3.63) is 28.4 Å².